The zero-order valence-corrected chi connectivity index (χ0v) is 32.9. The van der Waals surface area contributed by atoms with Crippen molar-refractivity contribution in [3.8, 4) is 55.6 Å². The van der Waals surface area contributed by atoms with Crippen LogP contribution < -0.4 is 4.90 Å². The highest BCUT2D eigenvalue weighted by molar-refractivity contribution is 6.06. The second-order valence-electron chi connectivity index (χ2n) is 15.2. The molecule has 11 rings (SSSR count). The number of hydrogen-bond donors (Lipinski definition) is 0. The van der Waals surface area contributed by atoms with E-state index in [0.717, 1.165) is 44.6 Å². The van der Waals surface area contributed by atoms with Crippen LogP contribution in [-0.2, 0) is 0 Å². The van der Waals surface area contributed by atoms with Gasteiger partial charge in [-0.1, -0.05) is 188 Å². The molecule has 0 saturated carbocycles. The third kappa shape index (κ3) is 6.32. The lowest BCUT2D eigenvalue weighted by Crippen LogP contribution is -2.09. The summed E-state index contributed by atoms with van der Waals surface area (Å²) < 4.78 is 6.43. The number of nitrogens with zero attached hydrogens (tertiary/aromatic N) is 1. The quantitative estimate of drug-likeness (QED) is 0.153. The van der Waals surface area contributed by atoms with Gasteiger partial charge in [0, 0.05) is 33.9 Å². The van der Waals surface area contributed by atoms with Crippen molar-refractivity contribution in [1.82, 2.24) is 0 Å². The summed E-state index contributed by atoms with van der Waals surface area (Å²) in [7, 11) is 0. The minimum Gasteiger partial charge on any atom is -0.456 e. The minimum absolute atomic E-state index is 0.863. The highest BCUT2D eigenvalue weighted by Crippen LogP contribution is 2.45. The molecular formula is C58H39NO. The Morgan fingerprint density at radius 2 is 0.717 bits per heavy atom. The molecule has 10 aromatic carbocycles. The summed E-state index contributed by atoms with van der Waals surface area (Å²) in [6.45, 7) is 0. The molecule has 0 spiro atoms. The molecule has 60 heavy (non-hydrogen) atoms. The van der Waals surface area contributed by atoms with Crippen molar-refractivity contribution in [2.24, 2.45) is 0 Å². The normalized spacial score (nSPS) is 11.3. The molecule has 0 bridgehead atoms. The van der Waals surface area contributed by atoms with Crippen molar-refractivity contribution < 1.29 is 4.42 Å². The van der Waals surface area contributed by atoms with Gasteiger partial charge in [0.2, 0.25) is 0 Å². The summed E-state index contributed by atoms with van der Waals surface area (Å²) in [4.78, 5) is 2.33. The summed E-state index contributed by atoms with van der Waals surface area (Å²) in [6, 6.07) is 84.9. The molecule has 0 radical (unpaired) electrons. The highest BCUT2D eigenvalue weighted by atomic mass is 16.3. The fourth-order valence-electron chi connectivity index (χ4n) is 8.87. The van der Waals surface area contributed by atoms with Gasteiger partial charge in [-0.15, -0.1) is 0 Å². The molecule has 0 N–H and O–H groups in total. The van der Waals surface area contributed by atoms with E-state index in [2.05, 4.69) is 229 Å². The van der Waals surface area contributed by atoms with Crippen LogP contribution in [0.25, 0.3) is 88.3 Å². The van der Waals surface area contributed by atoms with E-state index in [1.165, 1.54) is 60.8 Å². The van der Waals surface area contributed by atoms with Gasteiger partial charge in [-0.2, -0.15) is 0 Å². The molecule has 282 valence electrons. The smallest absolute Gasteiger partial charge is 0.137 e. The first-order chi connectivity index (χ1) is 29.8. The first kappa shape index (κ1) is 35.2. The summed E-state index contributed by atoms with van der Waals surface area (Å²) in [6.07, 6.45) is 0. The molecular weight excluding hydrogens is 727 g/mol. The van der Waals surface area contributed by atoms with Crippen LogP contribution in [0.1, 0.15) is 0 Å². The summed E-state index contributed by atoms with van der Waals surface area (Å²) in [5.74, 6) is 0. The number of anilines is 3. The fraction of sp³-hybridized carbons (Fsp3) is 0. The average molecular weight is 766 g/mol. The molecule has 0 atom stereocenters. The first-order valence-electron chi connectivity index (χ1n) is 20.5. The van der Waals surface area contributed by atoms with Crippen molar-refractivity contribution in [3.05, 3.63) is 237 Å². The van der Waals surface area contributed by atoms with E-state index in [1.807, 2.05) is 12.1 Å². The van der Waals surface area contributed by atoms with Gasteiger partial charge in [-0.3, -0.25) is 0 Å². The third-order valence-electron chi connectivity index (χ3n) is 11.7. The zero-order chi connectivity index (χ0) is 39.8. The Hall–Kier alpha value is -7.94. The maximum Gasteiger partial charge on any atom is 0.137 e. The molecule has 2 heteroatoms. The predicted molar refractivity (Wildman–Crippen MR) is 253 cm³/mol. The van der Waals surface area contributed by atoms with E-state index in [1.54, 1.807) is 0 Å². The molecule has 0 aliphatic heterocycles. The van der Waals surface area contributed by atoms with Gasteiger partial charge in [0.1, 0.15) is 11.2 Å². The molecule has 1 heterocycles. The van der Waals surface area contributed by atoms with Gasteiger partial charge in [-0.05, 0) is 109 Å². The fourth-order valence-corrected chi connectivity index (χ4v) is 8.87. The van der Waals surface area contributed by atoms with Crippen LogP contribution in [0.4, 0.5) is 17.1 Å². The molecule has 0 unspecified atom stereocenters. The van der Waals surface area contributed by atoms with E-state index < -0.39 is 0 Å². The van der Waals surface area contributed by atoms with Gasteiger partial charge in [0.15, 0.2) is 0 Å². The number of benzene rings is 10. The maximum absolute atomic E-state index is 6.43. The standard InChI is InChI=1S/C58H39NO/c1-3-15-40(16-4-1)50-22-9-10-24-55(50)58-51(42-17-5-2-6-18-42)26-14-27-52(58)44-31-35-46(36-32-44)59(47-37-38-54-53-23-11-12-28-56(53)60-57(54)39-47)45-33-29-43(30-34-45)49-25-13-20-41-19-7-8-21-48(41)49/h1-39H. The summed E-state index contributed by atoms with van der Waals surface area (Å²) in [5, 5.41) is 4.72. The van der Waals surface area contributed by atoms with E-state index >= 15 is 0 Å². The Labute approximate surface area is 349 Å². The molecule has 2 nitrogen and oxygen atoms in total. The highest BCUT2D eigenvalue weighted by Gasteiger charge is 2.20. The van der Waals surface area contributed by atoms with E-state index in [-0.39, 0.29) is 0 Å². The van der Waals surface area contributed by atoms with Crippen molar-refractivity contribution in [2.75, 3.05) is 4.90 Å². The zero-order valence-electron chi connectivity index (χ0n) is 32.9. The van der Waals surface area contributed by atoms with Crippen LogP contribution in [-0.4, -0.2) is 0 Å². The average Bonchev–Trinajstić information content (AvgIpc) is 3.70. The van der Waals surface area contributed by atoms with Crippen LogP contribution in [0, 0.1) is 0 Å². The second-order valence-corrected chi connectivity index (χ2v) is 15.2. The SMILES string of the molecule is c1ccc(-c2ccccc2-c2c(-c3ccccc3)cccc2-c2ccc(N(c3ccc(-c4cccc5ccccc45)cc3)c3ccc4c(c3)oc3ccccc34)cc2)cc1. The Morgan fingerprint density at radius 3 is 1.42 bits per heavy atom. The van der Waals surface area contributed by atoms with Crippen LogP contribution in [0.5, 0.6) is 0 Å². The molecule has 1 aromatic heterocycles. The van der Waals surface area contributed by atoms with E-state index in [0.29, 0.717) is 0 Å². The predicted octanol–water partition coefficient (Wildman–Crippen LogP) is 16.5. The number of rotatable bonds is 8. The number of hydrogen-bond acceptors (Lipinski definition) is 2. The summed E-state index contributed by atoms with van der Waals surface area (Å²) >= 11 is 0. The van der Waals surface area contributed by atoms with Gasteiger partial charge >= 0.3 is 0 Å². The van der Waals surface area contributed by atoms with Gasteiger partial charge < -0.3 is 9.32 Å². The largest absolute Gasteiger partial charge is 0.456 e. The molecule has 0 aliphatic carbocycles. The molecule has 11 aromatic rings. The van der Waals surface area contributed by atoms with Gasteiger partial charge in [0.05, 0.1) is 0 Å². The monoisotopic (exact) mass is 765 g/mol. The van der Waals surface area contributed by atoms with Gasteiger partial charge in [-0.25, -0.2) is 0 Å². The third-order valence-corrected chi connectivity index (χ3v) is 11.7. The number of furan rings is 1. The lowest BCUT2D eigenvalue weighted by atomic mass is 9.84. The Morgan fingerprint density at radius 1 is 0.267 bits per heavy atom. The Balaban J connectivity index is 1.05. The second kappa shape index (κ2) is 15.1. The Kier molecular flexibility index (Phi) is 8.87. The van der Waals surface area contributed by atoms with Crippen LogP contribution in [0.2, 0.25) is 0 Å². The van der Waals surface area contributed by atoms with Crippen LogP contribution >= 0.6 is 0 Å². The first-order valence-corrected chi connectivity index (χ1v) is 20.5. The molecule has 0 saturated heterocycles. The minimum atomic E-state index is 0.863. The van der Waals surface area contributed by atoms with Crippen molar-refractivity contribution in [3.63, 3.8) is 0 Å². The number of para-hydroxylation sites is 1. The van der Waals surface area contributed by atoms with Gasteiger partial charge in [0.25, 0.3) is 0 Å². The van der Waals surface area contributed by atoms with Crippen molar-refractivity contribution in [1.29, 1.82) is 0 Å². The molecule has 0 fully saturated rings. The number of fused-ring (bicyclic) bond motifs is 4. The van der Waals surface area contributed by atoms with Crippen LogP contribution in [0.3, 0.4) is 0 Å². The lowest BCUT2D eigenvalue weighted by molar-refractivity contribution is 0.669. The summed E-state index contributed by atoms with van der Waals surface area (Å²) in [5.41, 5.74) is 16.8. The van der Waals surface area contributed by atoms with E-state index in [9.17, 15) is 0 Å². The lowest BCUT2D eigenvalue weighted by Gasteiger charge is -2.26. The van der Waals surface area contributed by atoms with Crippen molar-refractivity contribution >= 4 is 49.8 Å². The Bertz CT molecular complexity index is 3290. The molecule has 0 amide bonds. The maximum atomic E-state index is 6.43. The molecule has 0 aliphatic rings. The van der Waals surface area contributed by atoms with E-state index in [4.69, 9.17) is 4.42 Å². The van der Waals surface area contributed by atoms with Crippen LogP contribution in [0.15, 0.2) is 241 Å². The van der Waals surface area contributed by atoms with Crippen molar-refractivity contribution in [2.45, 2.75) is 0 Å². The topological polar surface area (TPSA) is 16.4 Å².